The molecular weight excluding hydrogens is 251 g/mol. The first-order valence-electron chi connectivity index (χ1n) is 5.79. The predicted octanol–water partition coefficient (Wildman–Crippen LogP) is 1.08. The van der Waals surface area contributed by atoms with E-state index >= 15 is 0 Å². The van der Waals surface area contributed by atoms with E-state index in [9.17, 15) is 9.18 Å². The van der Waals surface area contributed by atoms with Crippen molar-refractivity contribution in [2.24, 2.45) is 0 Å². The molecule has 100 valence electrons. The molecule has 2 rings (SSSR count). The molecule has 0 spiro atoms. The molecule has 1 fully saturated rings. The summed E-state index contributed by atoms with van der Waals surface area (Å²) >= 11 is 0. The topological polar surface area (TPSA) is 62.6 Å². The molecule has 5 nitrogen and oxygen atoms in total. The Morgan fingerprint density at radius 3 is 3.05 bits per heavy atom. The normalized spacial score (nSPS) is 18.8. The molecule has 0 aliphatic carbocycles. The highest BCUT2D eigenvalue weighted by Crippen LogP contribution is 2.23. The van der Waals surface area contributed by atoms with Crippen molar-refractivity contribution < 1.29 is 18.7 Å². The molecule has 0 radical (unpaired) electrons. The van der Waals surface area contributed by atoms with Crippen molar-refractivity contribution in [1.29, 1.82) is 5.26 Å². The van der Waals surface area contributed by atoms with Gasteiger partial charge in [0.2, 0.25) is 0 Å². The fourth-order valence-corrected chi connectivity index (χ4v) is 2.02. The van der Waals surface area contributed by atoms with Crippen molar-refractivity contribution in [3.63, 3.8) is 0 Å². The van der Waals surface area contributed by atoms with Gasteiger partial charge in [0, 0.05) is 12.2 Å². The second-order valence-electron chi connectivity index (χ2n) is 4.08. The number of hydrogen-bond acceptors (Lipinski definition) is 5. The Morgan fingerprint density at radius 2 is 2.42 bits per heavy atom. The first-order valence-corrected chi connectivity index (χ1v) is 5.79. The van der Waals surface area contributed by atoms with E-state index in [-0.39, 0.29) is 12.2 Å². The van der Waals surface area contributed by atoms with Crippen molar-refractivity contribution in [2.75, 3.05) is 31.8 Å². The number of carbonyl (C=O) groups is 1. The number of anilines is 1. The van der Waals surface area contributed by atoms with E-state index in [4.69, 9.17) is 14.7 Å². The van der Waals surface area contributed by atoms with Crippen LogP contribution in [0.5, 0.6) is 0 Å². The van der Waals surface area contributed by atoms with Crippen LogP contribution < -0.4 is 4.90 Å². The third-order valence-corrected chi connectivity index (χ3v) is 3.01. The molecule has 0 aromatic heterocycles. The highest BCUT2D eigenvalue weighted by atomic mass is 19.1. The van der Waals surface area contributed by atoms with Gasteiger partial charge in [0.15, 0.2) is 6.04 Å². The largest absolute Gasteiger partial charge is 0.467 e. The second kappa shape index (κ2) is 5.67. The minimum Gasteiger partial charge on any atom is -0.467 e. The van der Waals surface area contributed by atoms with E-state index in [2.05, 4.69) is 0 Å². The molecule has 19 heavy (non-hydrogen) atoms. The fourth-order valence-electron chi connectivity index (χ4n) is 2.02. The molecule has 1 aromatic carbocycles. The summed E-state index contributed by atoms with van der Waals surface area (Å²) in [5, 5.41) is 8.70. The van der Waals surface area contributed by atoms with Crippen molar-refractivity contribution >= 4 is 11.7 Å². The van der Waals surface area contributed by atoms with Crippen LogP contribution in [0.4, 0.5) is 10.1 Å². The van der Waals surface area contributed by atoms with Gasteiger partial charge < -0.3 is 14.4 Å². The summed E-state index contributed by atoms with van der Waals surface area (Å²) in [5.74, 6) is -1.03. The lowest BCUT2D eigenvalue weighted by Gasteiger charge is -2.35. The zero-order valence-electron chi connectivity index (χ0n) is 10.4. The zero-order valence-corrected chi connectivity index (χ0v) is 10.4. The minimum atomic E-state index is -0.602. The van der Waals surface area contributed by atoms with Crippen LogP contribution in [0.25, 0.3) is 0 Å². The number of hydrogen-bond donors (Lipinski definition) is 0. The Balaban J connectivity index is 2.30. The molecule has 1 unspecified atom stereocenters. The van der Waals surface area contributed by atoms with Gasteiger partial charge in [-0.3, -0.25) is 0 Å². The highest BCUT2D eigenvalue weighted by molar-refractivity contribution is 5.80. The Bertz CT molecular complexity index is 527. The first kappa shape index (κ1) is 13.3. The van der Waals surface area contributed by atoms with Gasteiger partial charge in [-0.2, -0.15) is 5.26 Å². The maximum atomic E-state index is 13.6. The monoisotopic (exact) mass is 264 g/mol. The number of nitrogens with zero attached hydrogens (tertiary/aromatic N) is 2. The summed E-state index contributed by atoms with van der Waals surface area (Å²) in [6.45, 7) is 1.12. The number of carbonyl (C=O) groups excluding carboxylic acids is 1. The number of esters is 1. The zero-order chi connectivity index (χ0) is 13.8. The molecule has 0 bridgehead atoms. The van der Waals surface area contributed by atoms with Gasteiger partial charge in [0.05, 0.1) is 25.9 Å². The van der Waals surface area contributed by atoms with Crippen LogP contribution in [0.15, 0.2) is 18.2 Å². The third kappa shape index (κ3) is 2.66. The molecule has 1 saturated heterocycles. The standard InChI is InChI=1S/C13H13FN2O3/c1-18-13(17)12-8-19-5-4-16(12)10-3-2-9(7-15)11(14)6-10/h2-3,6,12H,4-5,8H2,1H3. The van der Waals surface area contributed by atoms with Crippen molar-refractivity contribution in [3.8, 4) is 6.07 Å². The van der Waals surface area contributed by atoms with Gasteiger partial charge in [0.1, 0.15) is 11.9 Å². The molecule has 1 aliphatic heterocycles. The van der Waals surface area contributed by atoms with Gasteiger partial charge in [-0.1, -0.05) is 0 Å². The number of benzene rings is 1. The van der Waals surface area contributed by atoms with Crippen LogP contribution in [-0.4, -0.2) is 38.9 Å². The minimum absolute atomic E-state index is 0.0216. The van der Waals surface area contributed by atoms with Gasteiger partial charge in [-0.25, -0.2) is 9.18 Å². The Labute approximate surface area is 110 Å². The molecular formula is C13H13FN2O3. The van der Waals surface area contributed by atoms with Crippen LogP contribution in [0.1, 0.15) is 5.56 Å². The molecule has 1 atom stereocenters. The predicted molar refractivity (Wildman–Crippen MR) is 65.1 cm³/mol. The Morgan fingerprint density at radius 1 is 1.63 bits per heavy atom. The Kier molecular flexibility index (Phi) is 3.97. The fraction of sp³-hybridized carbons (Fsp3) is 0.385. The van der Waals surface area contributed by atoms with Crippen molar-refractivity contribution in [1.82, 2.24) is 0 Å². The number of methoxy groups -OCH3 is 1. The smallest absolute Gasteiger partial charge is 0.330 e. The third-order valence-electron chi connectivity index (χ3n) is 3.01. The quantitative estimate of drug-likeness (QED) is 0.748. The highest BCUT2D eigenvalue weighted by Gasteiger charge is 2.30. The van der Waals surface area contributed by atoms with Crippen LogP contribution in [-0.2, 0) is 14.3 Å². The van der Waals surface area contributed by atoms with Crippen molar-refractivity contribution in [3.05, 3.63) is 29.6 Å². The van der Waals surface area contributed by atoms with E-state index in [1.165, 1.54) is 19.2 Å². The molecule has 6 heteroatoms. The second-order valence-corrected chi connectivity index (χ2v) is 4.08. The number of morpholine rings is 1. The maximum absolute atomic E-state index is 13.6. The summed E-state index contributed by atoms with van der Waals surface area (Å²) in [7, 11) is 1.30. The van der Waals surface area contributed by atoms with E-state index in [0.717, 1.165) is 0 Å². The van der Waals surface area contributed by atoms with Gasteiger partial charge in [-0.15, -0.1) is 0 Å². The van der Waals surface area contributed by atoms with Gasteiger partial charge >= 0.3 is 5.97 Å². The van der Waals surface area contributed by atoms with Crippen LogP contribution in [0.2, 0.25) is 0 Å². The van der Waals surface area contributed by atoms with Crippen LogP contribution in [0.3, 0.4) is 0 Å². The molecule has 0 N–H and O–H groups in total. The average molecular weight is 264 g/mol. The van der Waals surface area contributed by atoms with E-state index in [1.54, 1.807) is 17.0 Å². The average Bonchev–Trinajstić information content (AvgIpc) is 2.46. The Hall–Kier alpha value is -2.13. The lowest BCUT2D eigenvalue weighted by molar-refractivity contribution is -0.144. The molecule has 1 aromatic rings. The summed E-state index contributed by atoms with van der Waals surface area (Å²) in [6, 6.07) is 5.43. The van der Waals surface area contributed by atoms with Crippen molar-refractivity contribution in [2.45, 2.75) is 6.04 Å². The molecule has 1 heterocycles. The van der Waals surface area contributed by atoms with Crippen LogP contribution >= 0.6 is 0 Å². The van der Waals surface area contributed by atoms with E-state index < -0.39 is 17.8 Å². The molecule has 0 saturated carbocycles. The summed E-state index contributed by atoms with van der Waals surface area (Å²) < 4.78 is 23.6. The number of rotatable bonds is 2. The summed E-state index contributed by atoms with van der Waals surface area (Å²) in [5.41, 5.74) is 0.516. The number of halogens is 1. The SMILES string of the molecule is COC(=O)C1COCCN1c1ccc(C#N)c(F)c1. The van der Waals surface area contributed by atoms with Crippen LogP contribution in [0, 0.1) is 17.1 Å². The number of ether oxygens (including phenoxy) is 2. The molecule has 1 aliphatic rings. The van der Waals surface area contributed by atoms with E-state index in [1.807, 2.05) is 0 Å². The summed E-state index contributed by atoms with van der Waals surface area (Å²) in [4.78, 5) is 13.4. The lowest BCUT2D eigenvalue weighted by Crippen LogP contribution is -2.50. The van der Waals surface area contributed by atoms with Gasteiger partial charge in [-0.05, 0) is 18.2 Å². The van der Waals surface area contributed by atoms with E-state index in [0.29, 0.717) is 18.8 Å². The molecule has 0 amide bonds. The lowest BCUT2D eigenvalue weighted by atomic mass is 10.1. The number of nitriles is 1. The van der Waals surface area contributed by atoms with Gasteiger partial charge in [0.25, 0.3) is 0 Å². The first-order chi connectivity index (χ1) is 9.17. The summed E-state index contributed by atoms with van der Waals surface area (Å²) in [6.07, 6.45) is 0. The maximum Gasteiger partial charge on any atom is 0.330 e.